The Balaban J connectivity index is 2.15. The second-order valence-electron chi connectivity index (χ2n) is 4.54. The van der Waals surface area contributed by atoms with Crippen molar-refractivity contribution in [3.05, 3.63) is 40.6 Å². The summed E-state index contributed by atoms with van der Waals surface area (Å²) in [6.07, 6.45) is 5.62. The molecule has 0 atom stereocenters. The van der Waals surface area contributed by atoms with E-state index in [1.807, 2.05) is 0 Å². The van der Waals surface area contributed by atoms with E-state index in [0.29, 0.717) is 5.02 Å². The summed E-state index contributed by atoms with van der Waals surface area (Å²) in [5.41, 5.74) is 1.01. The molecule has 2 rings (SSSR count). The fourth-order valence-electron chi connectivity index (χ4n) is 2.02. The lowest BCUT2D eigenvalue weighted by Crippen LogP contribution is -2.11. The summed E-state index contributed by atoms with van der Waals surface area (Å²) >= 11 is 5.96. The third-order valence-corrected chi connectivity index (χ3v) is 3.53. The fraction of sp³-hybridized carbons (Fsp3) is 0.357. The van der Waals surface area contributed by atoms with Crippen LogP contribution < -0.4 is 0 Å². The van der Waals surface area contributed by atoms with E-state index in [1.165, 1.54) is 31.1 Å². The number of carbonyl (C=O) groups is 1. The zero-order chi connectivity index (χ0) is 13.1. The van der Waals surface area contributed by atoms with E-state index in [-0.39, 0.29) is 17.1 Å². The van der Waals surface area contributed by atoms with Gasteiger partial charge in [-0.2, -0.15) is 0 Å². The number of hydrogen-bond donors (Lipinski definition) is 1. The first kappa shape index (κ1) is 13.0. The van der Waals surface area contributed by atoms with E-state index in [2.05, 4.69) is 4.90 Å². The van der Waals surface area contributed by atoms with Crippen LogP contribution in [0.5, 0.6) is 5.75 Å². The van der Waals surface area contributed by atoms with Crippen molar-refractivity contribution >= 4 is 17.4 Å². The Hall–Kier alpha value is -1.48. The average Bonchev–Trinajstić information content (AvgIpc) is 2.84. The van der Waals surface area contributed by atoms with Gasteiger partial charge in [0.15, 0.2) is 5.78 Å². The molecule has 0 saturated carbocycles. The number of phenols is 1. The molecule has 0 aromatic heterocycles. The van der Waals surface area contributed by atoms with Gasteiger partial charge in [-0.15, -0.1) is 0 Å². The molecule has 1 aromatic rings. The molecule has 96 valence electrons. The maximum Gasteiger partial charge on any atom is 0.191 e. The lowest BCUT2D eigenvalue weighted by Gasteiger charge is -2.10. The number of carbonyl (C=O) groups excluding carboxylic acids is 1. The van der Waals surface area contributed by atoms with E-state index >= 15 is 0 Å². The number of hydrogen-bond acceptors (Lipinski definition) is 3. The maximum atomic E-state index is 12.0. The molecule has 0 bridgehead atoms. The molecular formula is C14H16ClNO2. The van der Waals surface area contributed by atoms with Gasteiger partial charge in [-0.3, -0.25) is 4.79 Å². The average molecular weight is 266 g/mol. The van der Waals surface area contributed by atoms with Crippen LogP contribution in [0, 0.1) is 6.92 Å². The first-order valence-electron chi connectivity index (χ1n) is 6.03. The van der Waals surface area contributed by atoms with E-state index in [9.17, 15) is 9.90 Å². The van der Waals surface area contributed by atoms with Crippen LogP contribution in [-0.4, -0.2) is 28.9 Å². The van der Waals surface area contributed by atoms with Crippen LogP contribution >= 0.6 is 11.6 Å². The third kappa shape index (κ3) is 2.85. The Morgan fingerprint density at radius 3 is 2.72 bits per heavy atom. The Labute approximate surface area is 112 Å². The van der Waals surface area contributed by atoms with Crippen LogP contribution in [-0.2, 0) is 0 Å². The van der Waals surface area contributed by atoms with Crippen molar-refractivity contribution in [3.63, 3.8) is 0 Å². The number of nitrogens with zero attached hydrogens (tertiary/aromatic N) is 1. The summed E-state index contributed by atoms with van der Waals surface area (Å²) in [6, 6.07) is 3.03. The zero-order valence-corrected chi connectivity index (χ0v) is 11.1. The number of halogens is 1. The number of aryl methyl sites for hydroxylation is 1. The Morgan fingerprint density at radius 1 is 1.39 bits per heavy atom. The van der Waals surface area contributed by atoms with Gasteiger partial charge in [0, 0.05) is 30.4 Å². The lowest BCUT2D eigenvalue weighted by atomic mass is 10.1. The molecule has 1 N–H and O–H groups in total. The molecule has 0 spiro atoms. The second kappa shape index (κ2) is 5.44. The molecule has 3 nitrogen and oxygen atoms in total. The van der Waals surface area contributed by atoms with Crippen molar-refractivity contribution in [3.8, 4) is 5.75 Å². The Kier molecular flexibility index (Phi) is 3.92. The van der Waals surface area contributed by atoms with E-state index in [1.54, 1.807) is 13.1 Å². The highest BCUT2D eigenvalue weighted by Crippen LogP contribution is 2.26. The fourth-order valence-corrected chi connectivity index (χ4v) is 2.18. The molecule has 1 aliphatic rings. The summed E-state index contributed by atoms with van der Waals surface area (Å²) in [7, 11) is 0. The van der Waals surface area contributed by atoms with Crippen LogP contribution in [0.25, 0.3) is 0 Å². The predicted molar refractivity (Wildman–Crippen MR) is 72.1 cm³/mol. The van der Waals surface area contributed by atoms with Gasteiger partial charge in [0.05, 0.1) is 5.56 Å². The summed E-state index contributed by atoms with van der Waals surface area (Å²) in [6.45, 7) is 3.77. The lowest BCUT2D eigenvalue weighted by molar-refractivity contribution is 0.104. The standard InChI is InChI=1S/C14H16ClNO2/c1-10-8-14(18)11(9-12(10)15)13(17)4-7-16-5-2-3-6-16/h4,7-9,18H,2-3,5-6H2,1H3/b7-4+. The van der Waals surface area contributed by atoms with E-state index < -0.39 is 0 Å². The molecule has 0 aliphatic carbocycles. The second-order valence-corrected chi connectivity index (χ2v) is 4.95. The normalized spacial score (nSPS) is 15.6. The van der Waals surface area contributed by atoms with Crippen LogP contribution in [0.2, 0.25) is 5.02 Å². The van der Waals surface area contributed by atoms with Gasteiger partial charge in [0.2, 0.25) is 0 Å². The van der Waals surface area contributed by atoms with Crippen LogP contribution in [0.15, 0.2) is 24.4 Å². The van der Waals surface area contributed by atoms with Crippen LogP contribution in [0.4, 0.5) is 0 Å². The van der Waals surface area contributed by atoms with Crippen LogP contribution in [0.3, 0.4) is 0 Å². The molecule has 4 heteroatoms. The van der Waals surface area contributed by atoms with Gasteiger partial charge in [-0.25, -0.2) is 0 Å². The van der Waals surface area contributed by atoms with E-state index in [0.717, 1.165) is 18.7 Å². The van der Waals surface area contributed by atoms with Gasteiger partial charge < -0.3 is 10.0 Å². The number of benzene rings is 1. The third-order valence-electron chi connectivity index (χ3n) is 3.12. The van der Waals surface area contributed by atoms with Crippen molar-refractivity contribution in [1.82, 2.24) is 4.90 Å². The van der Waals surface area contributed by atoms with E-state index in [4.69, 9.17) is 11.6 Å². The van der Waals surface area contributed by atoms with Crippen molar-refractivity contribution in [2.75, 3.05) is 13.1 Å². The van der Waals surface area contributed by atoms with Gasteiger partial charge >= 0.3 is 0 Å². The molecule has 1 fully saturated rings. The first-order valence-corrected chi connectivity index (χ1v) is 6.41. The van der Waals surface area contributed by atoms with Gasteiger partial charge in [0.1, 0.15) is 5.75 Å². The Morgan fingerprint density at radius 2 is 2.06 bits per heavy atom. The molecule has 0 radical (unpaired) electrons. The number of rotatable bonds is 3. The van der Waals surface area contributed by atoms with Crippen LogP contribution in [0.1, 0.15) is 28.8 Å². The van der Waals surface area contributed by atoms with Crippen molar-refractivity contribution in [2.45, 2.75) is 19.8 Å². The number of likely N-dealkylation sites (tertiary alicyclic amines) is 1. The molecule has 1 heterocycles. The number of allylic oxidation sites excluding steroid dienone is 1. The Bertz CT molecular complexity index is 491. The summed E-state index contributed by atoms with van der Waals surface area (Å²) < 4.78 is 0. The maximum absolute atomic E-state index is 12.0. The highest BCUT2D eigenvalue weighted by atomic mass is 35.5. The predicted octanol–water partition coefficient (Wildman–Crippen LogP) is 3.15. The SMILES string of the molecule is Cc1cc(O)c(C(=O)/C=C/N2CCCC2)cc1Cl. The van der Waals surface area contributed by atoms with Crippen molar-refractivity contribution < 1.29 is 9.90 Å². The molecule has 1 saturated heterocycles. The molecule has 0 unspecified atom stereocenters. The molecule has 18 heavy (non-hydrogen) atoms. The minimum absolute atomic E-state index is 0.0204. The number of aromatic hydroxyl groups is 1. The summed E-state index contributed by atoms with van der Waals surface area (Å²) in [4.78, 5) is 14.1. The number of ketones is 1. The molecule has 1 aromatic carbocycles. The highest BCUT2D eigenvalue weighted by molar-refractivity contribution is 6.32. The topological polar surface area (TPSA) is 40.5 Å². The summed E-state index contributed by atoms with van der Waals surface area (Å²) in [5, 5.41) is 10.2. The molecular weight excluding hydrogens is 250 g/mol. The monoisotopic (exact) mass is 265 g/mol. The van der Waals surface area contributed by atoms with Crippen molar-refractivity contribution in [1.29, 1.82) is 0 Å². The zero-order valence-electron chi connectivity index (χ0n) is 10.3. The largest absolute Gasteiger partial charge is 0.507 e. The smallest absolute Gasteiger partial charge is 0.191 e. The summed E-state index contributed by atoms with van der Waals surface area (Å²) in [5.74, 6) is -0.241. The minimum atomic E-state index is -0.221. The van der Waals surface area contributed by atoms with Gasteiger partial charge in [-0.05, 0) is 37.5 Å². The first-order chi connectivity index (χ1) is 8.58. The van der Waals surface area contributed by atoms with Gasteiger partial charge in [0.25, 0.3) is 0 Å². The molecule has 0 amide bonds. The quantitative estimate of drug-likeness (QED) is 0.674. The van der Waals surface area contributed by atoms with Gasteiger partial charge in [-0.1, -0.05) is 11.6 Å². The molecule has 1 aliphatic heterocycles. The highest BCUT2D eigenvalue weighted by Gasteiger charge is 2.12. The van der Waals surface area contributed by atoms with Crippen molar-refractivity contribution in [2.24, 2.45) is 0 Å². The number of phenolic OH excluding ortho intramolecular Hbond substituents is 1. The minimum Gasteiger partial charge on any atom is -0.507 e.